The van der Waals surface area contributed by atoms with Crippen molar-refractivity contribution < 1.29 is 28.9 Å². The van der Waals surface area contributed by atoms with Crippen LogP contribution in [0.2, 0.25) is 0 Å². The Morgan fingerprint density at radius 1 is 1.06 bits per heavy atom. The topological polar surface area (TPSA) is 148 Å². The average molecular weight is 462 g/mol. The minimum absolute atomic E-state index is 0.0248. The predicted octanol–water partition coefficient (Wildman–Crippen LogP) is 0.0943. The average Bonchev–Trinajstić information content (AvgIpc) is 3.41. The summed E-state index contributed by atoms with van der Waals surface area (Å²) in [5, 5.41) is 10.6. The normalized spacial score (nSPS) is 27.5. The number of nitrogens with two attached hydrogens (primary N) is 1. The molecule has 0 aliphatic carbocycles. The molecule has 178 valence electrons. The van der Waals surface area contributed by atoms with Crippen molar-refractivity contribution in [2.75, 3.05) is 64.2 Å². The minimum Gasteiger partial charge on any atom is -0.493 e. The van der Waals surface area contributed by atoms with Gasteiger partial charge >= 0.3 is 0 Å². The molecule has 0 unspecified atom stereocenters. The summed E-state index contributed by atoms with van der Waals surface area (Å²) in [6.07, 6.45) is -1.34. The quantitative estimate of drug-likeness (QED) is 0.458. The van der Waals surface area contributed by atoms with Crippen molar-refractivity contribution in [3.8, 4) is 11.5 Å². The lowest BCUT2D eigenvalue weighted by Crippen LogP contribution is -2.54. The van der Waals surface area contributed by atoms with E-state index in [1.54, 1.807) is 26.4 Å². The number of nitrogens with zero attached hydrogens (tertiary/aromatic N) is 5. The van der Waals surface area contributed by atoms with Crippen molar-refractivity contribution in [3.63, 3.8) is 0 Å². The Labute approximate surface area is 189 Å². The molecule has 4 atom stereocenters. The first-order chi connectivity index (χ1) is 16.0. The maximum atomic E-state index is 10.7. The first kappa shape index (κ1) is 21.7. The monoisotopic (exact) mass is 462 g/mol. The van der Waals surface area contributed by atoms with E-state index in [1.807, 2.05) is 0 Å². The van der Waals surface area contributed by atoms with E-state index in [0.717, 1.165) is 13.1 Å². The number of benzene rings is 1. The summed E-state index contributed by atoms with van der Waals surface area (Å²) < 4.78 is 22.3. The zero-order chi connectivity index (χ0) is 23.1. The van der Waals surface area contributed by atoms with Crippen molar-refractivity contribution in [3.05, 3.63) is 22.2 Å². The van der Waals surface area contributed by atoms with Gasteiger partial charge in [0.25, 0.3) is 5.09 Å². The van der Waals surface area contributed by atoms with Gasteiger partial charge in [0, 0.05) is 37.6 Å². The van der Waals surface area contributed by atoms with Gasteiger partial charge in [-0.05, 0) is 6.07 Å². The van der Waals surface area contributed by atoms with E-state index < -0.39 is 17.3 Å². The minimum atomic E-state index is -0.785. The molecule has 33 heavy (non-hydrogen) atoms. The molecule has 3 fully saturated rings. The standard InChI is InChI=1S/C20H26N6O7/c1-29-14-7-11-12(8-15(14)30-2)22-20(23-19(11)21)25-5-3-24(4-6-25)13-9-31-18-16(33-26(27)28)10-32-17(13)18/h7-8,13,16-18H,3-6,9-10H2,1-2H3,(H2,21,22,23)/t13-,16-,17+,18+/m0/s1. The van der Waals surface area contributed by atoms with E-state index >= 15 is 0 Å². The molecule has 2 N–H and O–H groups in total. The molecule has 3 aliphatic rings. The van der Waals surface area contributed by atoms with Crippen molar-refractivity contribution in [2.45, 2.75) is 24.4 Å². The highest BCUT2D eigenvalue weighted by Crippen LogP contribution is 2.35. The van der Waals surface area contributed by atoms with E-state index in [4.69, 9.17) is 34.5 Å². The predicted molar refractivity (Wildman–Crippen MR) is 116 cm³/mol. The van der Waals surface area contributed by atoms with Crippen LogP contribution in [0.1, 0.15) is 0 Å². The van der Waals surface area contributed by atoms with E-state index in [1.165, 1.54) is 0 Å². The second kappa shape index (κ2) is 8.65. The molecule has 0 amide bonds. The maximum Gasteiger partial charge on any atom is 0.294 e. The number of aromatic nitrogens is 2. The zero-order valence-corrected chi connectivity index (χ0v) is 18.4. The van der Waals surface area contributed by atoms with Gasteiger partial charge in [-0.1, -0.05) is 0 Å². The lowest BCUT2D eigenvalue weighted by atomic mass is 10.1. The summed E-state index contributed by atoms with van der Waals surface area (Å²) >= 11 is 0. The number of fused-ring (bicyclic) bond motifs is 2. The van der Waals surface area contributed by atoms with E-state index in [0.29, 0.717) is 53.9 Å². The summed E-state index contributed by atoms with van der Waals surface area (Å²) in [5.41, 5.74) is 6.92. The third-order valence-electron chi connectivity index (χ3n) is 6.49. The van der Waals surface area contributed by atoms with Gasteiger partial charge in [-0.15, -0.1) is 10.1 Å². The summed E-state index contributed by atoms with van der Waals surface area (Å²) in [5.74, 6) is 2.08. The number of nitrogen functional groups attached to an aromatic ring is 1. The van der Waals surface area contributed by atoms with Crippen LogP contribution in [0.15, 0.2) is 12.1 Å². The SMILES string of the molecule is COc1cc2nc(N3CCN([C@H]4CO[C@H]5[C@@H]4OC[C@@H]5O[N+](=O)[O-])CC3)nc(N)c2cc1OC. The summed E-state index contributed by atoms with van der Waals surface area (Å²) in [4.78, 5) is 29.0. The number of methoxy groups -OCH3 is 2. The van der Waals surface area contributed by atoms with Crippen LogP contribution in [0.4, 0.5) is 11.8 Å². The van der Waals surface area contributed by atoms with Gasteiger partial charge in [-0.3, -0.25) is 4.90 Å². The van der Waals surface area contributed by atoms with Gasteiger partial charge in [-0.25, -0.2) is 4.98 Å². The van der Waals surface area contributed by atoms with Crippen LogP contribution in [-0.2, 0) is 14.3 Å². The first-order valence-electron chi connectivity index (χ1n) is 10.7. The Morgan fingerprint density at radius 3 is 2.45 bits per heavy atom. The highest BCUT2D eigenvalue weighted by Gasteiger charge is 2.51. The van der Waals surface area contributed by atoms with Gasteiger partial charge in [-0.2, -0.15) is 4.98 Å². The molecule has 13 nitrogen and oxygen atoms in total. The summed E-state index contributed by atoms with van der Waals surface area (Å²) in [6.45, 7) is 3.49. The molecular formula is C20H26N6O7. The number of hydrogen-bond donors (Lipinski definition) is 1. The van der Waals surface area contributed by atoms with Crippen LogP contribution in [0.5, 0.6) is 11.5 Å². The third-order valence-corrected chi connectivity index (χ3v) is 6.49. The van der Waals surface area contributed by atoms with Gasteiger partial charge < -0.3 is 34.4 Å². The lowest BCUT2D eigenvalue weighted by molar-refractivity contribution is -0.769. The molecular weight excluding hydrogens is 436 g/mol. The van der Waals surface area contributed by atoms with Crippen molar-refractivity contribution in [1.82, 2.24) is 14.9 Å². The van der Waals surface area contributed by atoms with Crippen molar-refractivity contribution >= 4 is 22.7 Å². The fraction of sp³-hybridized carbons (Fsp3) is 0.600. The third kappa shape index (κ3) is 3.92. The number of anilines is 2. The van der Waals surface area contributed by atoms with Crippen molar-refractivity contribution in [2.24, 2.45) is 0 Å². The first-order valence-corrected chi connectivity index (χ1v) is 10.7. The Hall–Kier alpha value is -3.16. The van der Waals surface area contributed by atoms with E-state index in [2.05, 4.69) is 14.8 Å². The Bertz CT molecular complexity index is 1050. The fourth-order valence-electron chi connectivity index (χ4n) is 4.82. The molecule has 0 saturated carbocycles. The molecule has 3 saturated heterocycles. The molecule has 0 bridgehead atoms. The van der Waals surface area contributed by atoms with E-state index in [-0.39, 0.29) is 18.8 Å². The van der Waals surface area contributed by atoms with Crippen LogP contribution >= 0.6 is 0 Å². The fourth-order valence-corrected chi connectivity index (χ4v) is 4.82. The van der Waals surface area contributed by atoms with Crippen LogP contribution in [-0.4, -0.2) is 97.9 Å². The molecule has 0 radical (unpaired) electrons. The molecule has 2 aromatic rings. The van der Waals surface area contributed by atoms with Crippen LogP contribution in [0.25, 0.3) is 10.9 Å². The van der Waals surface area contributed by atoms with Gasteiger partial charge in [0.15, 0.2) is 17.6 Å². The molecule has 0 spiro atoms. The number of rotatable bonds is 6. The Kier molecular flexibility index (Phi) is 5.68. The highest BCUT2D eigenvalue weighted by molar-refractivity contribution is 5.91. The second-order valence-corrected chi connectivity index (χ2v) is 8.19. The molecule has 4 heterocycles. The maximum absolute atomic E-state index is 10.7. The number of piperazine rings is 1. The molecule has 13 heteroatoms. The van der Waals surface area contributed by atoms with Crippen LogP contribution in [0, 0.1) is 10.1 Å². The molecule has 1 aromatic heterocycles. The molecule has 3 aliphatic heterocycles. The number of ether oxygens (including phenoxy) is 4. The zero-order valence-electron chi connectivity index (χ0n) is 18.4. The van der Waals surface area contributed by atoms with Gasteiger partial charge in [0.1, 0.15) is 18.0 Å². The lowest BCUT2D eigenvalue weighted by Gasteiger charge is -2.38. The van der Waals surface area contributed by atoms with Gasteiger partial charge in [0.05, 0.1) is 39.0 Å². The Balaban J connectivity index is 1.27. The largest absolute Gasteiger partial charge is 0.493 e. The summed E-state index contributed by atoms with van der Waals surface area (Å²) in [6, 6.07) is 3.60. The van der Waals surface area contributed by atoms with Gasteiger partial charge in [0.2, 0.25) is 5.95 Å². The van der Waals surface area contributed by atoms with Crippen LogP contribution < -0.4 is 20.1 Å². The molecule has 5 rings (SSSR count). The highest BCUT2D eigenvalue weighted by atomic mass is 17.0. The number of hydrogen-bond acceptors (Lipinski definition) is 12. The molecule has 1 aromatic carbocycles. The van der Waals surface area contributed by atoms with Crippen molar-refractivity contribution in [1.29, 1.82) is 0 Å². The summed E-state index contributed by atoms with van der Waals surface area (Å²) in [7, 11) is 3.14. The van der Waals surface area contributed by atoms with Crippen LogP contribution in [0.3, 0.4) is 0 Å². The second-order valence-electron chi connectivity index (χ2n) is 8.19. The smallest absolute Gasteiger partial charge is 0.294 e. The van der Waals surface area contributed by atoms with E-state index in [9.17, 15) is 10.1 Å². The Morgan fingerprint density at radius 2 is 1.76 bits per heavy atom.